The first kappa shape index (κ1) is 15.8. The van der Waals surface area contributed by atoms with E-state index < -0.39 is 0 Å². The molecule has 20 heavy (non-hydrogen) atoms. The SMILES string of the molecule is CC(C)CN(C(=O)COC1CCNCC1)C1CCCC1. The van der Waals surface area contributed by atoms with Gasteiger partial charge in [-0.15, -0.1) is 0 Å². The van der Waals surface area contributed by atoms with E-state index in [9.17, 15) is 4.79 Å². The lowest BCUT2D eigenvalue weighted by atomic mass is 10.1. The third-order valence-electron chi connectivity index (χ3n) is 4.38. The Kier molecular flexibility index (Phi) is 6.30. The van der Waals surface area contributed by atoms with Crippen LogP contribution in [0.2, 0.25) is 0 Å². The zero-order chi connectivity index (χ0) is 14.4. The highest BCUT2D eigenvalue weighted by Gasteiger charge is 2.27. The topological polar surface area (TPSA) is 41.6 Å². The van der Waals surface area contributed by atoms with Crippen molar-refractivity contribution in [1.82, 2.24) is 10.2 Å². The van der Waals surface area contributed by atoms with Crippen LogP contribution < -0.4 is 5.32 Å². The number of carbonyl (C=O) groups excluding carboxylic acids is 1. The van der Waals surface area contributed by atoms with E-state index in [-0.39, 0.29) is 18.6 Å². The van der Waals surface area contributed by atoms with Gasteiger partial charge in [0.25, 0.3) is 0 Å². The molecule has 4 nitrogen and oxygen atoms in total. The molecule has 0 radical (unpaired) electrons. The Labute approximate surface area is 123 Å². The van der Waals surface area contributed by atoms with E-state index in [4.69, 9.17) is 4.74 Å². The predicted molar refractivity (Wildman–Crippen MR) is 80.7 cm³/mol. The first-order chi connectivity index (χ1) is 9.66. The maximum Gasteiger partial charge on any atom is 0.248 e. The molecule has 1 amide bonds. The van der Waals surface area contributed by atoms with Crippen LogP contribution >= 0.6 is 0 Å². The van der Waals surface area contributed by atoms with Crippen LogP contribution in [-0.4, -0.2) is 49.2 Å². The first-order valence-electron chi connectivity index (χ1n) is 8.28. The maximum atomic E-state index is 12.5. The number of rotatable bonds is 6. The quantitative estimate of drug-likeness (QED) is 0.812. The average molecular weight is 282 g/mol. The molecular weight excluding hydrogens is 252 g/mol. The van der Waals surface area contributed by atoms with Crippen LogP contribution in [0, 0.1) is 5.92 Å². The monoisotopic (exact) mass is 282 g/mol. The summed E-state index contributed by atoms with van der Waals surface area (Å²) >= 11 is 0. The van der Waals surface area contributed by atoms with Crippen molar-refractivity contribution in [2.24, 2.45) is 5.92 Å². The summed E-state index contributed by atoms with van der Waals surface area (Å²) in [6.45, 7) is 7.53. The zero-order valence-electron chi connectivity index (χ0n) is 13.1. The zero-order valence-corrected chi connectivity index (χ0v) is 13.1. The molecule has 0 spiro atoms. The van der Waals surface area contributed by atoms with Crippen molar-refractivity contribution in [3.05, 3.63) is 0 Å². The molecule has 4 heteroatoms. The van der Waals surface area contributed by atoms with Crippen molar-refractivity contribution in [3.63, 3.8) is 0 Å². The minimum Gasteiger partial charge on any atom is -0.368 e. The van der Waals surface area contributed by atoms with Crippen molar-refractivity contribution in [2.75, 3.05) is 26.2 Å². The molecule has 1 heterocycles. The second-order valence-corrected chi connectivity index (χ2v) is 6.64. The fourth-order valence-electron chi connectivity index (χ4n) is 3.30. The highest BCUT2D eigenvalue weighted by atomic mass is 16.5. The summed E-state index contributed by atoms with van der Waals surface area (Å²) in [5.74, 6) is 0.725. The molecule has 2 aliphatic rings. The molecule has 0 aromatic rings. The van der Waals surface area contributed by atoms with Gasteiger partial charge in [0.1, 0.15) is 6.61 Å². The van der Waals surface area contributed by atoms with Gasteiger partial charge in [-0.25, -0.2) is 0 Å². The van der Waals surface area contributed by atoms with E-state index in [1.165, 1.54) is 25.7 Å². The van der Waals surface area contributed by atoms with Gasteiger partial charge < -0.3 is 15.0 Å². The van der Waals surface area contributed by atoms with Crippen molar-refractivity contribution in [1.29, 1.82) is 0 Å². The van der Waals surface area contributed by atoms with Crippen LogP contribution in [0.1, 0.15) is 52.4 Å². The summed E-state index contributed by atoms with van der Waals surface area (Å²) in [5, 5.41) is 3.32. The summed E-state index contributed by atoms with van der Waals surface area (Å²) in [5.41, 5.74) is 0. The fraction of sp³-hybridized carbons (Fsp3) is 0.938. The molecule has 0 bridgehead atoms. The number of hydrogen-bond acceptors (Lipinski definition) is 3. The second-order valence-electron chi connectivity index (χ2n) is 6.64. The molecule has 2 rings (SSSR count). The fourth-order valence-corrected chi connectivity index (χ4v) is 3.30. The number of hydrogen-bond donors (Lipinski definition) is 1. The standard InChI is InChI=1S/C16H30N2O2/c1-13(2)11-18(14-5-3-4-6-14)16(19)12-20-15-7-9-17-10-8-15/h13-15,17H,3-12H2,1-2H3. The maximum absolute atomic E-state index is 12.5. The molecule has 1 N–H and O–H groups in total. The highest BCUT2D eigenvalue weighted by molar-refractivity contribution is 5.77. The van der Waals surface area contributed by atoms with Gasteiger partial charge in [-0.05, 0) is 44.7 Å². The molecule has 1 saturated heterocycles. The van der Waals surface area contributed by atoms with Crippen LogP contribution in [0.25, 0.3) is 0 Å². The molecule has 1 aliphatic carbocycles. The number of nitrogens with zero attached hydrogens (tertiary/aromatic N) is 1. The van der Waals surface area contributed by atoms with E-state index in [2.05, 4.69) is 24.1 Å². The van der Waals surface area contributed by atoms with Crippen molar-refractivity contribution in [3.8, 4) is 0 Å². The number of ether oxygens (including phenoxy) is 1. The summed E-state index contributed by atoms with van der Waals surface area (Å²) in [7, 11) is 0. The van der Waals surface area contributed by atoms with Gasteiger partial charge >= 0.3 is 0 Å². The minimum absolute atomic E-state index is 0.198. The lowest BCUT2D eigenvalue weighted by Crippen LogP contribution is -2.44. The smallest absolute Gasteiger partial charge is 0.248 e. The molecule has 0 atom stereocenters. The Morgan fingerprint density at radius 3 is 2.45 bits per heavy atom. The Balaban J connectivity index is 1.81. The number of amides is 1. The minimum atomic E-state index is 0.198. The Morgan fingerprint density at radius 1 is 1.20 bits per heavy atom. The van der Waals surface area contributed by atoms with Crippen molar-refractivity contribution in [2.45, 2.75) is 64.5 Å². The van der Waals surface area contributed by atoms with Gasteiger partial charge in [0.05, 0.1) is 6.10 Å². The van der Waals surface area contributed by atoms with Gasteiger partial charge in [-0.2, -0.15) is 0 Å². The predicted octanol–water partition coefficient (Wildman–Crippen LogP) is 2.18. The Hall–Kier alpha value is -0.610. The molecule has 2 fully saturated rings. The van der Waals surface area contributed by atoms with Crippen LogP contribution in [0.15, 0.2) is 0 Å². The number of nitrogens with one attached hydrogen (secondary N) is 1. The third-order valence-corrected chi connectivity index (χ3v) is 4.38. The van der Waals surface area contributed by atoms with E-state index in [1.54, 1.807) is 0 Å². The van der Waals surface area contributed by atoms with Crippen LogP contribution in [-0.2, 0) is 9.53 Å². The van der Waals surface area contributed by atoms with E-state index in [0.29, 0.717) is 12.0 Å². The Morgan fingerprint density at radius 2 is 1.85 bits per heavy atom. The Bertz CT molecular complexity index is 295. The lowest BCUT2D eigenvalue weighted by molar-refractivity contribution is -0.141. The van der Waals surface area contributed by atoms with Gasteiger partial charge in [0, 0.05) is 12.6 Å². The largest absolute Gasteiger partial charge is 0.368 e. The summed E-state index contributed by atoms with van der Waals surface area (Å²) in [6.07, 6.45) is 7.20. The summed E-state index contributed by atoms with van der Waals surface area (Å²) < 4.78 is 5.84. The molecule has 0 aromatic heterocycles. The van der Waals surface area contributed by atoms with Gasteiger partial charge in [0.2, 0.25) is 5.91 Å². The molecule has 0 aromatic carbocycles. The van der Waals surface area contributed by atoms with Crippen LogP contribution in [0.4, 0.5) is 0 Å². The summed E-state index contributed by atoms with van der Waals surface area (Å²) in [4.78, 5) is 14.6. The average Bonchev–Trinajstić information content (AvgIpc) is 2.97. The second kappa shape index (κ2) is 7.99. The lowest BCUT2D eigenvalue weighted by Gasteiger charge is -2.31. The van der Waals surface area contributed by atoms with Crippen molar-refractivity contribution >= 4 is 5.91 Å². The van der Waals surface area contributed by atoms with Crippen molar-refractivity contribution < 1.29 is 9.53 Å². The molecule has 1 aliphatic heterocycles. The van der Waals surface area contributed by atoms with Gasteiger partial charge in [0.15, 0.2) is 0 Å². The number of carbonyl (C=O) groups is 1. The van der Waals surface area contributed by atoms with E-state index >= 15 is 0 Å². The third kappa shape index (κ3) is 4.74. The molecule has 0 unspecified atom stereocenters. The molecule has 116 valence electrons. The highest BCUT2D eigenvalue weighted by Crippen LogP contribution is 2.24. The summed E-state index contributed by atoms with van der Waals surface area (Å²) in [6, 6.07) is 0.460. The van der Waals surface area contributed by atoms with Gasteiger partial charge in [-0.3, -0.25) is 4.79 Å². The molecular formula is C16H30N2O2. The first-order valence-corrected chi connectivity index (χ1v) is 8.28. The normalized spacial score (nSPS) is 21.6. The van der Waals surface area contributed by atoms with Gasteiger partial charge in [-0.1, -0.05) is 26.7 Å². The number of piperidine rings is 1. The van der Waals surface area contributed by atoms with E-state index in [1.807, 2.05) is 0 Å². The van der Waals surface area contributed by atoms with E-state index in [0.717, 1.165) is 32.5 Å². The molecule has 1 saturated carbocycles. The van der Waals surface area contributed by atoms with Crippen LogP contribution in [0.3, 0.4) is 0 Å². The van der Waals surface area contributed by atoms with Crippen LogP contribution in [0.5, 0.6) is 0 Å².